The van der Waals surface area contributed by atoms with E-state index < -0.39 is 27.7 Å². The van der Waals surface area contributed by atoms with E-state index in [9.17, 15) is 17.6 Å². The van der Waals surface area contributed by atoms with Crippen molar-refractivity contribution in [3.05, 3.63) is 53.6 Å². The molecule has 0 spiro atoms. The van der Waals surface area contributed by atoms with Crippen LogP contribution in [-0.4, -0.2) is 54.1 Å². The van der Waals surface area contributed by atoms with Gasteiger partial charge in [-0.2, -0.15) is 5.21 Å². The number of furan rings is 1. The van der Waals surface area contributed by atoms with Gasteiger partial charge in [-0.3, -0.25) is 4.79 Å². The number of tetrazole rings is 1. The number of halogens is 1. The smallest absolute Gasteiger partial charge is 0.255 e. The fourth-order valence-corrected chi connectivity index (χ4v) is 3.73. The van der Waals surface area contributed by atoms with E-state index in [-0.39, 0.29) is 28.8 Å². The molecule has 4 aromatic rings. The molecule has 3 N–H and O–H groups in total. The molecule has 11 nitrogen and oxygen atoms in total. The number of nitrogens with zero attached hydrogens (tertiary/aromatic N) is 3. The normalized spacial score (nSPS) is 12.5. The van der Waals surface area contributed by atoms with Crippen LogP contribution in [-0.2, 0) is 9.84 Å². The second-order valence-corrected chi connectivity index (χ2v) is 9.65. The molecule has 0 aliphatic heterocycles. The van der Waals surface area contributed by atoms with Crippen molar-refractivity contribution >= 4 is 32.4 Å². The predicted octanol–water partition coefficient (Wildman–Crippen LogP) is 2.67. The molecular weight excluding hydrogens is 467 g/mol. The average molecular weight is 489 g/mol. The number of hydrogen-bond donors (Lipinski definition) is 3. The Hall–Kier alpha value is -4.00. The topological polar surface area (TPSA) is 152 Å². The van der Waals surface area contributed by atoms with E-state index in [1.54, 1.807) is 13.0 Å². The molecule has 1 amide bonds. The molecule has 2 aromatic carbocycles. The van der Waals surface area contributed by atoms with E-state index >= 15 is 0 Å². The van der Waals surface area contributed by atoms with Gasteiger partial charge < -0.3 is 19.8 Å². The fraction of sp³-hybridized carbons (Fsp3) is 0.238. The number of carbonyl (C=O) groups is 1. The van der Waals surface area contributed by atoms with Crippen molar-refractivity contribution in [2.24, 2.45) is 0 Å². The molecule has 4 rings (SSSR count). The molecule has 0 aliphatic rings. The lowest BCUT2D eigenvalue weighted by Gasteiger charge is -2.16. The van der Waals surface area contributed by atoms with Crippen molar-refractivity contribution in [2.75, 3.05) is 24.5 Å². The molecule has 0 fully saturated rings. The number of amides is 1. The van der Waals surface area contributed by atoms with Crippen LogP contribution in [0.2, 0.25) is 0 Å². The Morgan fingerprint density at radius 1 is 1.26 bits per heavy atom. The number of hydrogen-bond acceptors (Lipinski definition) is 9. The lowest BCUT2D eigenvalue weighted by atomic mass is 10.0. The van der Waals surface area contributed by atoms with Gasteiger partial charge in [0.2, 0.25) is 5.82 Å². The Labute approximate surface area is 193 Å². The van der Waals surface area contributed by atoms with Crippen molar-refractivity contribution in [1.82, 2.24) is 25.9 Å². The highest BCUT2D eigenvalue weighted by atomic mass is 32.2. The Bertz CT molecular complexity index is 1430. The summed E-state index contributed by atoms with van der Waals surface area (Å²) in [6, 6.07) is 8.62. The maximum absolute atomic E-state index is 13.5. The van der Waals surface area contributed by atoms with Crippen LogP contribution in [0.4, 0.5) is 10.1 Å². The fourth-order valence-electron chi connectivity index (χ4n) is 3.31. The van der Waals surface area contributed by atoms with E-state index in [1.165, 1.54) is 37.4 Å². The minimum Gasteiger partial charge on any atom is -0.480 e. The van der Waals surface area contributed by atoms with Crippen LogP contribution in [0, 0.1) is 5.82 Å². The Kier molecular flexibility index (Phi) is 6.20. The van der Waals surface area contributed by atoms with Gasteiger partial charge in [-0.05, 0) is 37.3 Å². The van der Waals surface area contributed by atoms with E-state index in [0.717, 1.165) is 6.26 Å². The highest BCUT2D eigenvalue weighted by molar-refractivity contribution is 7.90. The summed E-state index contributed by atoms with van der Waals surface area (Å²) in [5.41, 5.74) is 1.32. The summed E-state index contributed by atoms with van der Waals surface area (Å²) in [5.74, 6) is -0.470. The molecule has 2 heterocycles. The molecule has 0 saturated heterocycles. The third-order valence-corrected chi connectivity index (χ3v) is 5.57. The van der Waals surface area contributed by atoms with Crippen molar-refractivity contribution in [3.63, 3.8) is 0 Å². The highest BCUT2D eigenvalue weighted by Crippen LogP contribution is 2.40. The minimum absolute atomic E-state index is 0.218. The van der Waals surface area contributed by atoms with Crippen molar-refractivity contribution in [1.29, 1.82) is 0 Å². The maximum Gasteiger partial charge on any atom is 0.255 e. The summed E-state index contributed by atoms with van der Waals surface area (Å²) >= 11 is 0. The highest BCUT2D eigenvalue weighted by Gasteiger charge is 2.25. The van der Waals surface area contributed by atoms with Gasteiger partial charge in [0, 0.05) is 30.3 Å². The van der Waals surface area contributed by atoms with Gasteiger partial charge >= 0.3 is 0 Å². The van der Waals surface area contributed by atoms with Gasteiger partial charge in [-0.25, -0.2) is 12.8 Å². The third kappa shape index (κ3) is 4.83. The van der Waals surface area contributed by atoms with Crippen LogP contribution < -0.4 is 15.4 Å². The average Bonchev–Trinajstić information content (AvgIpc) is 3.45. The van der Waals surface area contributed by atoms with Crippen LogP contribution in [0.15, 0.2) is 40.8 Å². The van der Waals surface area contributed by atoms with E-state index in [1.807, 2.05) is 0 Å². The van der Waals surface area contributed by atoms with Crippen molar-refractivity contribution in [2.45, 2.75) is 13.0 Å². The second kappa shape index (κ2) is 9.09. The van der Waals surface area contributed by atoms with Gasteiger partial charge in [0.1, 0.15) is 28.8 Å². The third-order valence-electron chi connectivity index (χ3n) is 4.90. The number of anilines is 1. The number of sulfone groups is 1. The number of H-pyrrole nitrogens is 1. The number of fused-ring (bicyclic) bond motifs is 1. The van der Waals surface area contributed by atoms with Crippen LogP contribution in [0.1, 0.15) is 29.2 Å². The van der Waals surface area contributed by atoms with Crippen LogP contribution in [0.5, 0.6) is 5.75 Å². The van der Waals surface area contributed by atoms with Crippen LogP contribution in [0.25, 0.3) is 22.3 Å². The van der Waals surface area contributed by atoms with Gasteiger partial charge in [0.15, 0.2) is 15.9 Å². The molecular formula is C21H21FN6O5S. The van der Waals surface area contributed by atoms with E-state index in [2.05, 4.69) is 31.3 Å². The number of ether oxygens (including phenoxy) is 1. The number of rotatable bonds is 8. The van der Waals surface area contributed by atoms with Crippen LogP contribution in [0.3, 0.4) is 0 Å². The molecule has 178 valence electrons. The molecule has 34 heavy (non-hydrogen) atoms. The predicted molar refractivity (Wildman–Crippen MR) is 122 cm³/mol. The lowest BCUT2D eigenvalue weighted by Crippen LogP contribution is -2.18. The Morgan fingerprint density at radius 2 is 2.00 bits per heavy atom. The summed E-state index contributed by atoms with van der Waals surface area (Å²) in [4.78, 5) is 12.8. The first-order valence-electron chi connectivity index (χ1n) is 10.1. The summed E-state index contributed by atoms with van der Waals surface area (Å²) in [6.07, 6.45) is 0.437. The second-order valence-electron chi connectivity index (χ2n) is 7.51. The molecule has 0 radical (unpaired) electrons. The monoisotopic (exact) mass is 488 g/mol. The zero-order valence-electron chi connectivity index (χ0n) is 18.4. The Morgan fingerprint density at radius 3 is 2.62 bits per heavy atom. The summed E-state index contributed by atoms with van der Waals surface area (Å²) in [7, 11) is -1.89. The van der Waals surface area contributed by atoms with Gasteiger partial charge in [-0.1, -0.05) is 5.21 Å². The first kappa shape index (κ1) is 23.2. The lowest BCUT2D eigenvalue weighted by molar-refractivity contribution is 0.0964. The largest absolute Gasteiger partial charge is 0.480 e. The van der Waals surface area contributed by atoms with Crippen molar-refractivity contribution < 1.29 is 26.8 Å². The van der Waals surface area contributed by atoms with Crippen LogP contribution >= 0.6 is 0 Å². The van der Waals surface area contributed by atoms with Gasteiger partial charge in [0.05, 0.1) is 11.3 Å². The number of aromatic nitrogens is 4. The quantitative estimate of drug-likeness (QED) is 0.340. The maximum atomic E-state index is 13.5. The molecule has 1 unspecified atom stereocenters. The molecule has 0 aliphatic carbocycles. The Balaban J connectivity index is 1.88. The molecule has 0 bridgehead atoms. The van der Waals surface area contributed by atoms with Crippen molar-refractivity contribution in [3.8, 4) is 17.1 Å². The molecule has 0 saturated carbocycles. The molecule has 1 atom stereocenters. The minimum atomic E-state index is -3.37. The first-order valence-corrected chi connectivity index (χ1v) is 12.1. The summed E-state index contributed by atoms with van der Waals surface area (Å²) in [5, 5.41) is 19.5. The summed E-state index contributed by atoms with van der Waals surface area (Å²) < 4.78 is 48.9. The molecule has 2 aromatic heterocycles. The summed E-state index contributed by atoms with van der Waals surface area (Å²) in [6.45, 7) is 1.69. The SMILES string of the molecule is CNC(=O)c1c(-c2ccc(F)cc2)oc2cc(NCS(C)(=O)=O)c(OC(C)c3nn[nH]n3)cc12. The number of nitrogens with one attached hydrogen (secondary N) is 3. The zero-order chi connectivity index (χ0) is 24.5. The number of carbonyl (C=O) groups excluding carboxylic acids is 1. The van der Waals surface area contributed by atoms with Gasteiger partial charge in [0.25, 0.3) is 5.91 Å². The first-order chi connectivity index (χ1) is 16.2. The van der Waals surface area contributed by atoms with E-state index in [4.69, 9.17) is 9.15 Å². The standard InChI is InChI=1S/C21H21FN6O5S/c1-11(20-25-27-28-26-20)32-17-8-14-16(9-15(17)24-10-34(3,30)31)33-19(18(14)21(29)23-2)12-4-6-13(22)7-5-12/h4-9,11,24H,10H2,1-3H3,(H,23,29)(H,25,26,27,28). The molecule has 13 heteroatoms. The number of aromatic amines is 1. The van der Waals surface area contributed by atoms with E-state index in [0.29, 0.717) is 22.2 Å². The van der Waals surface area contributed by atoms with Gasteiger partial charge in [-0.15, -0.1) is 10.2 Å². The number of benzene rings is 2. The zero-order valence-corrected chi connectivity index (χ0v) is 19.2.